The van der Waals surface area contributed by atoms with Crippen LogP contribution in [-0.2, 0) is 5.41 Å². The molecule has 1 aliphatic rings. The van der Waals surface area contributed by atoms with Crippen LogP contribution in [0.15, 0.2) is 12.1 Å². The molecule has 0 aromatic heterocycles. The van der Waals surface area contributed by atoms with Crippen molar-refractivity contribution in [1.29, 1.82) is 0 Å². The van der Waals surface area contributed by atoms with E-state index >= 15 is 0 Å². The monoisotopic (exact) mass is 387 g/mol. The number of unbranched alkanes of at least 4 members (excludes halogenated alkanes) is 2. The van der Waals surface area contributed by atoms with E-state index in [0.29, 0.717) is 11.2 Å². The number of phenolic OH excluding ortho intramolecular Hbond substituents is 1. The number of halogens is 1. The molecule has 1 aliphatic carbocycles. The zero-order valence-electron chi connectivity index (χ0n) is 13.1. The van der Waals surface area contributed by atoms with Gasteiger partial charge < -0.3 is 0 Å². The van der Waals surface area contributed by atoms with Gasteiger partial charge in [-0.05, 0) is 0 Å². The molecule has 1 saturated carbocycles. The molecule has 114 valence electrons. The first-order valence-electron chi connectivity index (χ1n) is 8.06. The molecule has 1 fully saturated rings. The van der Waals surface area contributed by atoms with E-state index in [1.54, 1.807) is 0 Å². The van der Waals surface area contributed by atoms with Gasteiger partial charge in [0, 0.05) is 0 Å². The molecular weight excluding hydrogens is 359 g/mol. The van der Waals surface area contributed by atoms with E-state index < -0.39 is 0 Å². The second kappa shape index (κ2) is 7.15. The summed E-state index contributed by atoms with van der Waals surface area (Å²) in [5, 5.41) is 10.7. The van der Waals surface area contributed by atoms with Gasteiger partial charge >= 0.3 is 134 Å². The molecular formula is C18H28IO-. The average Bonchev–Trinajstić information content (AvgIpc) is 3.19. The fraction of sp³-hybridized carbons (Fsp3) is 0.667. The van der Waals surface area contributed by atoms with Crippen molar-refractivity contribution < 1.29 is 26.3 Å². The van der Waals surface area contributed by atoms with Crippen molar-refractivity contribution in [3.05, 3.63) is 26.8 Å². The van der Waals surface area contributed by atoms with Crippen molar-refractivity contribution >= 4 is 0 Å². The van der Waals surface area contributed by atoms with Gasteiger partial charge in [0.15, 0.2) is 0 Å². The van der Waals surface area contributed by atoms with Gasteiger partial charge in [0.25, 0.3) is 0 Å². The van der Waals surface area contributed by atoms with E-state index in [0.717, 1.165) is 0 Å². The third kappa shape index (κ3) is 3.69. The molecule has 0 saturated heterocycles. The van der Waals surface area contributed by atoms with Crippen LogP contribution < -0.4 is 21.2 Å². The van der Waals surface area contributed by atoms with Gasteiger partial charge in [0.05, 0.1) is 0 Å². The van der Waals surface area contributed by atoms with E-state index in [2.05, 4.69) is 32.9 Å². The standard InChI is InChI=1S/C18H28IO/c1-4-6-7-11-19-16-13-14(3)12-15(17(16)20)18(8-5-2)9-10-18/h12-13,20H,4-11H2,1-3H3/q-1. The number of alkyl halides is 1. The Hall–Kier alpha value is -0.250. The molecule has 20 heavy (non-hydrogen) atoms. The Bertz CT molecular complexity index is 449. The van der Waals surface area contributed by atoms with Crippen molar-refractivity contribution in [2.45, 2.75) is 71.1 Å². The summed E-state index contributed by atoms with van der Waals surface area (Å²) in [5.41, 5.74) is 2.93. The Labute approximate surface area is 134 Å². The van der Waals surface area contributed by atoms with E-state index in [4.69, 9.17) is 0 Å². The zero-order chi connectivity index (χ0) is 14.6. The molecule has 0 heterocycles. The van der Waals surface area contributed by atoms with E-state index in [1.807, 2.05) is 0 Å². The fourth-order valence-electron chi connectivity index (χ4n) is 3.04. The first-order chi connectivity index (χ1) is 9.63. The molecule has 1 N–H and O–H groups in total. The van der Waals surface area contributed by atoms with Crippen LogP contribution in [0.3, 0.4) is 0 Å². The Morgan fingerprint density at radius 3 is 2.50 bits per heavy atom. The van der Waals surface area contributed by atoms with Crippen molar-refractivity contribution in [1.82, 2.24) is 0 Å². The number of rotatable bonds is 8. The van der Waals surface area contributed by atoms with Crippen LogP contribution in [0, 0.1) is 10.5 Å². The number of aryl methyl sites for hydroxylation is 1. The second-order valence-electron chi connectivity index (χ2n) is 6.20. The second-order valence-corrected chi connectivity index (χ2v) is 9.21. The number of hydrogen-bond donors (Lipinski definition) is 1. The Kier molecular flexibility index (Phi) is 5.76. The predicted molar refractivity (Wildman–Crippen MR) is 81.8 cm³/mol. The molecule has 0 amide bonds. The quantitative estimate of drug-likeness (QED) is 0.411. The van der Waals surface area contributed by atoms with Crippen LogP contribution in [-0.4, -0.2) is 9.53 Å². The average molecular weight is 387 g/mol. The van der Waals surface area contributed by atoms with E-state index in [1.165, 1.54) is 64.1 Å². The summed E-state index contributed by atoms with van der Waals surface area (Å²) in [4.78, 5) is 0. The molecule has 1 aromatic carbocycles. The van der Waals surface area contributed by atoms with Crippen molar-refractivity contribution in [2.75, 3.05) is 4.43 Å². The summed E-state index contributed by atoms with van der Waals surface area (Å²) in [7, 11) is 0. The van der Waals surface area contributed by atoms with Gasteiger partial charge in [0.1, 0.15) is 0 Å². The predicted octanol–water partition coefficient (Wildman–Crippen LogP) is 1.98. The van der Waals surface area contributed by atoms with Gasteiger partial charge in [-0.15, -0.1) is 0 Å². The maximum absolute atomic E-state index is 10.7. The Morgan fingerprint density at radius 2 is 1.90 bits per heavy atom. The third-order valence-corrected chi connectivity index (χ3v) is 7.28. The Balaban J connectivity index is 2.15. The Morgan fingerprint density at radius 1 is 1.15 bits per heavy atom. The molecule has 2 rings (SSSR count). The summed E-state index contributed by atoms with van der Waals surface area (Å²) >= 11 is -0.0213. The summed E-state index contributed by atoms with van der Waals surface area (Å²) < 4.78 is 2.60. The minimum atomic E-state index is -0.0213. The third-order valence-electron chi connectivity index (χ3n) is 4.34. The van der Waals surface area contributed by atoms with Crippen LogP contribution in [0.5, 0.6) is 5.75 Å². The van der Waals surface area contributed by atoms with Crippen LogP contribution in [0.2, 0.25) is 0 Å². The number of aromatic hydroxyl groups is 1. The minimum absolute atomic E-state index is 0.0213. The molecule has 0 radical (unpaired) electrons. The van der Waals surface area contributed by atoms with Crippen LogP contribution in [0.4, 0.5) is 0 Å². The van der Waals surface area contributed by atoms with Gasteiger partial charge in [-0.3, -0.25) is 0 Å². The maximum atomic E-state index is 10.7. The van der Waals surface area contributed by atoms with Gasteiger partial charge in [-0.1, -0.05) is 0 Å². The molecule has 0 atom stereocenters. The van der Waals surface area contributed by atoms with E-state index in [-0.39, 0.29) is 21.2 Å². The molecule has 0 bridgehead atoms. The SMILES string of the molecule is CCCCC[I-]c1cc(C)cc(C2(CCC)CC2)c1O. The van der Waals surface area contributed by atoms with Gasteiger partial charge in [0.2, 0.25) is 0 Å². The zero-order valence-corrected chi connectivity index (χ0v) is 15.3. The summed E-state index contributed by atoms with van der Waals surface area (Å²) in [6.07, 6.45) is 8.93. The van der Waals surface area contributed by atoms with Gasteiger partial charge in [-0.25, -0.2) is 0 Å². The molecule has 1 aromatic rings. The molecule has 1 nitrogen and oxygen atoms in total. The van der Waals surface area contributed by atoms with Crippen molar-refractivity contribution in [3.63, 3.8) is 0 Å². The van der Waals surface area contributed by atoms with Crippen LogP contribution >= 0.6 is 0 Å². The van der Waals surface area contributed by atoms with Crippen LogP contribution in [0.25, 0.3) is 0 Å². The molecule has 0 unspecified atom stereocenters. The van der Waals surface area contributed by atoms with Crippen LogP contribution in [0.1, 0.15) is 69.9 Å². The summed E-state index contributed by atoms with van der Waals surface area (Å²) in [6.45, 7) is 6.69. The number of hydrogen-bond acceptors (Lipinski definition) is 1. The molecule has 0 spiro atoms. The van der Waals surface area contributed by atoms with Crippen molar-refractivity contribution in [2.24, 2.45) is 0 Å². The summed E-state index contributed by atoms with van der Waals surface area (Å²) in [5.74, 6) is 0.658. The topological polar surface area (TPSA) is 20.2 Å². The van der Waals surface area contributed by atoms with E-state index in [9.17, 15) is 5.11 Å². The first-order valence-corrected chi connectivity index (χ1v) is 10.7. The molecule has 0 aliphatic heterocycles. The number of phenols is 1. The fourth-order valence-corrected chi connectivity index (χ4v) is 5.90. The number of benzene rings is 1. The molecule has 2 heteroatoms. The van der Waals surface area contributed by atoms with Crippen molar-refractivity contribution in [3.8, 4) is 5.75 Å². The first kappa shape index (κ1) is 16.1. The normalized spacial score (nSPS) is 16.6. The van der Waals surface area contributed by atoms with Gasteiger partial charge in [-0.2, -0.15) is 0 Å². The summed E-state index contributed by atoms with van der Waals surface area (Å²) in [6, 6.07) is 4.48.